The number of carboxylic acids is 1. The van der Waals surface area contributed by atoms with Gasteiger partial charge < -0.3 is 14.7 Å². The Morgan fingerprint density at radius 1 is 1.10 bits per heavy atom. The second-order valence-electron chi connectivity index (χ2n) is 13.7. The van der Waals surface area contributed by atoms with Gasteiger partial charge in [-0.05, 0) is 79.5 Å². The molecule has 1 fully saturated rings. The number of hydrogen-bond donors (Lipinski definition) is 1. The lowest BCUT2D eigenvalue weighted by molar-refractivity contribution is -0.160. The van der Waals surface area contributed by atoms with Gasteiger partial charge in [-0.2, -0.15) is 0 Å². The number of halogens is 1. The number of aromatic nitrogens is 1. The van der Waals surface area contributed by atoms with Crippen LogP contribution in [-0.4, -0.2) is 39.0 Å². The number of carbonyl (C=O) groups excluding carboxylic acids is 1. The summed E-state index contributed by atoms with van der Waals surface area (Å²) in [6.07, 6.45) is -0.401. The highest BCUT2D eigenvalue weighted by molar-refractivity contribution is 5.85. The second-order valence-corrected chi connectivity index (χ2v) is 13.7. The zero-order chi connectivity index (χ0) is 30.6. The van der Waals surface area contributed by atoms with Gasteiger partial charge in [-0.3, -0.25) is 9.78 Å². The van der Waals surface area contributed by atoms with Crippen LogP contribution >= 0.6 is 0 Å². The molecule has 2 aliphatic rings. The summed E-state index contributed by atoms with van der Waals surface area (Å²) in [5.41, 5.74) is 5.03. The third-order valence-electron chi connectivity index (χ3n) is 8.21. The molecule has 1 unspecified atom stereocenters. The number of benzene rings is 2. The van der Waals surface area contributed by atoms with Gasteiger partial charge in [0.2, 0.25) is 5.91 Å². The molecule has 0 spiro atoms. The van der Waals surface area contributed by atoms with Crippen molar-refractivity contribution in [3.63, 3.8) is 0 Å². The predicted octanol–water partition coefficient (Wildman–Crippen LogP) is 7.38. The van der Waals surface area contributed by atoms with E-state index in [0.29, 0.717) is 18.7 Å². The maximum atomic E-state index is 14.0. The first-order valence-corrected chi connectivity index (χ1v) is 14.7. The summed E-state index contributed by atoms with van der Waals surface area (Å²) < 4.78 is 19.6. The molecule has 2 aromatic carbocycles. The Morgan fingerprint density at radius 2 is 1.76 bits per heavy atom. The molecule has 1 saturated carbocycles. The summed E-state index contributed by atoms with van der Waals surface area (Å²) in [4.78, 5) is 33.3. The number of nitrogens with zero attached hydrogens (tertiary/aromatic N) is 2. The van der Waals surface area contributed by atoms with Gasteiger partial charge >= 0.3 is 5.97 Å². The van der Waals surface area contributed by atoms with Gasteiger partial charge in [-0.25, -0.2) is 9.18 Å². The topological polar surface area (TPSA) is 79.7 Å². The number of aliphatic carboxylic acids is 1. The molecule has 1 N–H and O–H groups in total. The molecule has 2 heterocycles. The predicted molar refractivity (Wildman–Crippen MR) is 161 cm³/mol. The molecule has 0 radical (unpaired) electrons. The smallest absolute Gasteiger partial charge is 0.337 e. The minimum absolute atomic E-state index is 0.000391. The van der Waals surface area contributed by atoms with Gasteiger partial charge in [0, 0.05) is 35.7 Å². The zero-order valence-corrected chi connectivity index (χ0v) is 25.6. The van der Waals surface area contributed by atoms with Crippen LogP contribution in [0, 0.1) is 11.7 Å². The summed E-state index contributed by atoms with van der Waals surface area (Å²) in [7, 11) is 0. The molecule has 1 amide bonds. The molecule has 7 heteroatoms. The van der Waals surface area contributed by atoms with Crippen molar-refractivity contribution in [1.29, 1.82) is 0 Å². The van der Waals surface area contributed by atoms with E-state index in [2.05, 4.69) is 19.9 Å². The fourth-order valence-corrected chi connectivity index (χ4v) is 6.29. The van der Waals surface area contributed by atoms with Crippen LogP contribution in [0.2, 0.25) is 0 Å². The van der Waals surface area contributed by atoms with Crippen LogP contribution in [-0.2, 0) is 26.3 Å². The molecular formula is C35H41FN2O4. The Kier molecular flexibility index (Phi) is 7.77. The first-order valence-electron chi connectivity index (χ1n) is 14.7. The summed E-state index contributed by atoms with van der Waals surface area (Å²) >= 11 is 0. The summed E-state index contributed by atoms with van der Waals surface area (Å²) in [5, 5.41) is 10.1. The van der Waals surface area contributed by atoms with Crippen molar-refractivity contribution in [2.75, 3.05) is 6.54 Å². The van der Waals surface area contributed by atoms with Crippen molar-refractivity contribution in [2.45, 2.75) is 90.4 Å². The van der Waals surface area contributed by atoms with Gasteiger partial charge in [-0.15, -0.1) is 0 Å². The van der Waals surface area contributed by atoms with Crippen LogP contribution in [0.25, 0.3) is 11.1 Å². The lowest BCUT2D eigenvalue weighted by Gasteiger charge is -2.40. The van der Waals surface area contributed by atoms with Crippen molar-refractivity contribution < 1.29 is 23.8 Å². The van der Waals surface area contributed by atoms with Crippen molar-refractivity contribution >= 4 is 11.9 Å². The molecule has 1 aliphatic heterocycles. The summed E-state index contributed by atoms with van der Waals surface area (Å²) in [5.74, 6) is -1.28. The normalized spacial score (nSPS) is 20.3. The largest absolute Gasteiger partial charge is 0.479 e. The Hall–Kier alpha value is -3.58. The Bertz CT molecular complexity index is 1510. The number of pyridine rings is 1. The van der Waals surface area contributed by atoms with E-state index in [0.717, 1.165) is 40.1 Å². The molecule has 222 valence electrons. The average molecular weight is 573 g/mol. The van der Waals surface area contributed by atoms with Crippen molar-refractivity contribution in [3.05, 3.63) is 88.5 Å². The van der Waals surface area contributed by atoms with Crippen molar-refractivity contribution in [3.8, 4) is 11.1 Å². The monoisotopic (exact) mass is 572 g/mol. The number of hydrogen-bond acceptors (Lipinski definition) is 4. The van der Waals surface area contributed by atoms with E-state index in [4.69, 9.17) is 9.72 Å². The van der Waals surface area contributed by atoms with Crippen molar-refractivity contribution in [2.24, 2.45) is 5.92 Å². The second kappa shape index (κ2) is 10.9. The number of ether oxygens (including phenoxy) is 1. The molecule has 3 atom stereocenters. The summed E-state index contributed by atoms with van der Waals surface area (Å²) in [6.45, 7) is 14.6. The molecule has 42 heavy (non-hydrogen) atoms. The fraction of sp³-hybridized carbons (Fsp3) is 0.457. The van der Waals surface area contributed by atoms with Crippen LogP contribution in [0.15, 0.2) is 54.6 Å². The van der Waals surface area contributed by atoms with Gasteiger partial charge in [0.15, 0.2) is 6.10 Å². The van der Waals surface area contributed by atoms with Gasteiger partial charge in [0.05, 0.1) is 11.3 Å². The maximum Gasteiger partial charge on any atom is 0.337 e. The molecule has 3 aromatic rings. The minimum atomic E-state index is -1.16. The number of carbonyl (C=O) groups is 2. The molecule has 5 rings (SSSR count). The highest BCUT2D eigenvalue weighted by atomic mass is 19.1. The lowest BCUT2D eigenvalue weighted by atomic mass is 9.80. The van der Waals surface area contributed by atoms with E-state index in [1.54, 1.807) is 12.1 Å². The number of amides is 1. The molecule has 0 saturated heterocycles. The van der Waals surface area contributed by atoms with Crippen LogP contribution in [0.3, 0.4) is 0 Å². The van der Waals surface area contributed by atoms with Gasteiger partial charge in [0.1, 0.15) is 5.82 Å². The Morgan fingerprint density at radius 3 is 2.38 bits per heavy atom. The first-order chi connectivity index (χ1) is 19.7. The van der Waals surface area contributed by atoms with Crippen LogP contribution in [0.5, 0.6) is 0 Å². The Balaban J connectivity index is 1.45. The van der Waals surface area contributed by atoms with E-state index in [1.165, 1.54) is 12.1 Å². The number of fused-ring (bicyclic) bond motifs is 1. The third kappa shape index (κ3) is 5.98. The Labute approximate surface area is 247 Å². The highest BCUT2D eigenvalue weighted by Crippen LogP contribution is 2.52. The molecule has 6 nitrogen and oxygen atoms in total. The molecule has 1 aromatic heterocycles. The first kappa shape index (κ1) is 29.9. The number of rotatable bonds is 7. The fourth-order valence-electron chi connectivity index (χ4n) is 6.29. The summed E-state index contributed by atoms with van der Waals surface area (Å²) in [6, 6.07) is 16.4. The van der Waals surface area contributed by atoms with E-state index in [9.17, 15) is 19.1 Å². The highest BCUT2D eigenvalue weighted by Gasteiger charge is 2.49. The molecule has 1 aliphatic carbocycles. The molecule has 0 bridgehead atoms. The van der Waals surface area contributed by atoms with E-state index >= 15 is 0 Å². The van der Waals surface area contributed by atoms with Crippen LogP contribution < -0.4 is 0 Å². The number of carboxylic acid groups (broad SMARTS) is 1. The third-order valence-corrected chi connectivity index (χ3v) is 8.21. The quantitative estimate of drug-likeness (QED) is 0.320. The maximum absolute atomic E-state index is 14.0. The lowest BCUT2D eigenvalue weighted by Crippen LogP contribution is -2.46. The standard InChI is InChI=1S/C35H41FN2O4/c1-20(2)29-28(30(33(40)41)42-34(3,4)5)16-22-18-38(19-35(6,7)31(22)37-29)32(39)27-17-26(27)25-11-9-8-10-24(25)21-12-14-23(36)15-13-21/h8-16,20,26-27,30H,17-19H2,1-7H3,(H,40,41)/t26-,27+,30?/m0/s1. The average Bonchev–Trinajstić information content (AvgIpc) is 3.71. The zero-order valence-electron chi connectivity index (χ0n) is 25.6. The van der Waals surface area contributed by atoms with E-state index in [1.807, 2.05) is 63.8 Å². The molecular weight excluding hydrogens is 531 g/mol. The SMILES string of the molecule is CC(C)c1nc2c(cc1C(OC(C)(C)C)C(=O)O)CN(C(=O)[C@@H]1C[C@H]1c1ccccc1-c1ccc(F)cc1)CC2(C)C. The van der Waals surface area contributed by atoms with Crippen LogP contribution in [0.4, 0.5) is 4.39 Å². The van der Waals surface area contributed by atoms with Gasteiger partial charge in [-0.1, -0.05) is 64.1 Å². The van der Waals surface area contributed by atoms with E-state index < -0.39 is 23.1 Å². The van der Waals surface area contributed by atoms with Crippen LogP contribution in [0.1, 0.15) is 101 Å². The minimum Gasteiger partial charge on any atom is -0.479 e. The van der Waals surface area contributed by atoms with Crippen molar-refractivity contribution in [1.82, 2.24) is 9.88 Å². The van der Waals surface area contributed by atoms with Gasteiger partial charge in [0.25, 0.3) is 0 Å². The van der Waals surface area contributed by atoms with E-state index in [-0.39, 0.29) is 29.5 Å².